The fraction of sp³-hybridized carbons (Fsp3) is 0.429. The number of aryl methyl sites for hydroxylation is 1. The van der Waals surface area contributed by atoms with E-state index in [0.29, 0.717) is 5.69 Å². The van der Waals surface area contributed by atoms with E-state index in [0.717, 1.165) is 18.2 Å². The first kappa shape index (κ1) is 29.2. The van der Waals surface area contributed by atoms with Gasteiger partial charge in [0.15, 0.2) is 0 Å². The average molecular weight is 565 g/mol. The Bertz CT molecular complexity index is 1380. The summed E-state index contributed by atoms with van der Waals surface area (Å²) in [6.07, 6.45) is -3.90. The molecule has 0 aliphatic carbocycles. The van der Waals surface area contributed by atoms with E-state index in [1.54, 1.807) is 20.8 Å². The van der Waals surface area contributed by atoms with E-state index in [2.05, 4.69) is 22.2 Å². The minimum Gasteiger partial charge on any atom is -0.444 e. The molecule has 2 aromatic rings. The van der Waals surface area contributed by atoms with Crippen LogP contribution in [-0.2, 0) is 15.7 Å². The zero-order chi connectivity index (χ0) is 29.6. The van der Waals surface area contributed by atoms with Crippen molar-refractivity contribution >= 4 is 35.0 Å². The first-order valence-corrected chi connectivity index (χ1v) is 12.7. The number of ether oxygens (including phenoxy) is 1. The van der Waals surface area contributed by atoms with Crippen molar-refractivity contribution in [2.75, 3.05) is 25.0 Å². The SMILES string of the molecule is C=C(NCC1(O)CCN(C(=O)OC(C)(C)C)CC1)c1c(C)[nH]c(/C=C2\C(=O)Nc3ccc(F)cc32)c1C(F)(F)F. The highest BCUT2D eigenvalue weighted by atomic mass is 19.4. The maximum Gasteiger partial charge on any atom is 0.419 e. The van der Waals surface area contributed by atoms with E-state index < -0.39 is 40.8 Å². The molecule has 2 aliphatic rings. The molecule has 2 amide bonds. The van der Waals surface area contributed by atoms with Gasteiger partial charge in [-0.25, -0.2) is 9.18 Å². The van der Waals surface area contributed by atoms with Gasteiger partial charge in [-0.2, -0.15) is 13.2 Å². The Labute approximate surface area is 229 Å². The van der Waals surface area contributed by atoms with Crippen LogP contribution in [-0.4, -0.2) is 57.8 Å². The van der Waals surface area contributed by atoms with Crippen LogP contribution in [0, 0.1) is 12.7 Å². The molecule has 216 valence electrons. The van der Waals surface area contributed by atoms with Crippen molar-refractivity contribution in [1.82, 2.24) is 15.2 Å². The standard InChI is InChI=1S/C28H32F4N4O4/c1-15(33-14-27(39)8-10-36(11-9-27)25(38)40-26(3,4)5)22-16(2)34-21(23(22)28(30,31)32)13-19-18-12-17(29)6-7-20(18)35-24(19)37/h6-7,12-13,33-34,39H,1,8-11,14H2,2-5H3,(H,35,37)/b19-13-. The highest BCUT2D eigenvalue weighted by Gasteiger charge is 2.40. The molecule has 2 aliphatic heterocycles. The van der Waals surface area contributed by atoms with Gasteiger partial charge in [0, 0.05) is 47.8 Å². The smallest absolute Gasteiger partial charge is 0.419 e. The number of nitrogens with zero attached hydrogens (tertiary/aromatic N) is 1. The summed E-state index contributed by atoms with van der Waals surface area (Å²) in [5.41, 5.74) is -3.21. The second-order valence-corrected chi connectivity index (χ2v) is 11.1. The van der Waals surface area contributed by atoms with E-state index >= 15 is 0 Å². The van der Waals surface area contributed by atoms with Crippen LogP contribution < -0.4 is 10.6 Å². The van der Waals surface area contributed by atoms with Gasteiger partial charge in [-0.15, -0.1) is 0 Å². The number of rotatable bonds is 5. The summed E-state index contributed by atoms with van der Waals surface area (Å²) in [6.45, 7) is 10.8. The predicted molar refractivity (Wildman–Crippen MR) is 142 cm³/mol. The quantitative estimate of drug-likeness (QED) is 0.292. The van der Waals surface area contributed by atoms with Crippen LogP contribution in [0.25, 0.3) is 17.3 Å². The number of amides is 2. The molecule has 1 saturated heterocycles. The second kappa shape index (κ2) is 10.3. The molecule has 0 unspecified atom stereocenters. The highest BCUT2D eigenvalue weighted by molar-refractivity contribution is 6.34. The minimum absolute atomic E-state index is 0.0731. The van der Waals surface area contributed by atoms with Gasteiger partial charge in [0.2, 0.25) is 0 Å². The average Bonchev–Trinajstić information content (AvgIpc) is 3.33. The van der Waals surface area contributed by atoms with Gasteiger partial charge >= 0.3 is 12.3 Å². The van der Waals surface area contributed by atoms with Gasteiger partial charge in [-0.05, 0) is 64.8 Å². The Morgan fingerprint density at radius 2 is 1.90 bits per heavy atom. The van der Waals surface area contributed by atoms with Gasteiger partial charge in [-0.3, -0.25) is 4.79 Å². The molecule has 1 aromatic carbocycles. The van der Waals surface area contributed by atoms with Gasteiger partial charge in [-0.1, -0.05) is 6.58 Å². The van der Waals surface area contributed by atoms with Crippen molar-refractivity contribution in [2.45, 2.75) is 57.9 Å². The highest BCUT2D eigenvalue weighted by Crippen LogP contribution is 2.41. The lowest BCUT2D eigenvalue weighted by molar-refractivity contribution is -0.137. The lowest BCUT2D eigenvalue weighted by atomic mass is 9.91. The number of anilines is 1. The van der Waals surface area contributed by atoms with Crippen molar-refractivity contribution in [3.8, 4) is 0 Å². The number of alkyl halides is 3. The van der Waals surface area contributed by atoms with Crippen molar-refractivity contribution in [3.63, 3.8) is 0 Å². The predicted octanol–water partition coefficient (Wildman–Crippen LogP) is 5.30. The number of likely N-dealkylation sites (tertiary alicyclic amines) is 1. The Morgan fingerprint density at radius 3 is 2.50 bits per heavy atom. The number of carbonyl (C=O) groups is 2. The molecule has 0 spiro atoms. The van der Waals surface area contributed by atoms with Gasteiger partial charge in [0.25, 0.3) is 5.91 Å². The summed E-state index contributed by atoms with van der Waals surface area (Å²) < 4.78 is 62.2. The number of benzene rings is 1. The van der Waals surface area contributed by atoms with Crippen LogP contribution >= 0.6 is 0 Å². The number of fused-ring (bicyclic) bond motifs is 1. The number of hydrogen-bond donors (Lipinski definition) is 4. The van der Waals surface area contributed by atoms with Crippen LogP contribution in [0.5, 0.6) is 0 Å². The molecular formula is C28H32F4N4O4. The molecule has 12 heteroatoms. The first-order chi connectivity index (χ1) is 18.5. The minimum atomic E-state index is -4.83. The third kappa shape index (κ3) is 6.16. The molecule has 4 rings (SSSR count). The van der Waals surface area contributed by atoms with E-state index in [9.17, 15) is 32.3 Å². The molecule has 1 aromatic heterocycles. The van der Waals surface area contributed by atoms with Crippen molar-refractivity contribution in [1.29, 1.82) is 0 Å². The Morgan fingerprint density at radius 1 is 1.25 bits per heavy atom. The number of piperidine rings is 1. The number of hydrogen-bond acceptors (Lipinski definition) is 5. The van der Waals surface area contributed by atoms with Crippen LogP contribution in [0.4, 0.5) is 28.0 Å². The number of aromatic nitrogens is 1. The van der Waals surface area contributed by atoms with Crippen molar-refractivity contribution < 1.29 is 37.0 Å². The molecular weight excluding hydrogens is 532 g/mol. The van der Waals surface area contributed by atoms with Gasteiger partial charge in [0.1, 0.15) is 11.4 Å². The molecule has 0 atom stereocenters. The molecule has 0 radical (unpaired) electrons. The lowest BCUT2D eigenvalue weighted by Gasteiger charge is -2.39. The second-order valence-electron chi connectivity index (χ2n) is 11.1. The van der Waals surface area contributed by atoms with Gasteiger partial charge in [0.05, 0.1) is 22.4 Å². The zero-order valence-corrected chi connectivity index (χ0v) is 22.7. The Hall–Kier alpha value is -3.80. The number of halogens is 4. The van der Waals surface area contributed by atoms with Crippen LogP contribution in [0.15, 0.2) is 24.8 Å². The summed E-state index contributed by atoms with van der Waals surface area (Å²) in [4.78, 5) is 29.0. The fourth-order valence-corrected chi connectivity index (χ4v) is 4.85. The topological polar surface area (TPSA) is 107 Å². The molecule has 8 nitrogen and oxygen atoms in total. The third-order valence-corrected chi connectivity index (χ3v) is 6.83. The molecule has 4 N–H and O–H groups in total. The monoisotopic (exact) mass is 564 g/mol. The van der Waals surface area contributed by atoms with E-state index in [1.165, 1.54) is 17.9 Å². The Kier molecular flexibility index (Phi) is 7.52. The zero-order valence-electron chi connectivity index (χ0n) is 22.7. The molecule has 0 saturated carbocycles. The fourth-order valence-electron chi connectivity index (χ4n) is 4.85. The summed E-state index contributed by atoms with van der Waals surface area (Å²) in [5, 5.41) is 16.4. The summed E-state index contributed by atoms with van der Waals surface area (Å²) in [5.74, 6) is -1.28. The Balaban J connectivity index is 1.54. The molecule has 1 fully saturated rings. The molecule has 0 bridgehead atoms. The number of nitrogens with one attached hydrogen (secondary N) is 3. The maximum absolute atomic E-state index is 14.3. The molecule has 40 heavy (non-hydrogen) atoms. The largest absolute Gasteiger partial charge is 0.444 e. The summed E-state index contributed by atoms with van der Waals surface area (Å²) in [6, 6.07) is 3.57. The van der Waals surface area contributed by atoms with Crippen LogP contribution in [0.2, 0.25) is 0 Å². The molecule has 3 heterocycles. The number of carbonyl (C=O) groups excluding carboxylic acids is 2. The van der Waals surface area contributed by atoms with Crippen LogP contribution in [0.3, 0.4) is 0 Å². The van der Waals surface area contributed by atoms with Gasteiger partial charge < -0.3 is 30.4 Å². The summed E-state index contributed by atoms with van der Waals surface area (Å²) >= 11 is 0. The number of H-pyrrole nitrogens is 1. The first-order valence-electron chi connectivity index (χ1n) is 12.7. The normalized spacial score (nSPS) is 18.0. The van der Waals surface area contributed by atoms with E-state index in [4.69, 9.17) is 4.74 Å². The third-order valence-electron chi connectivity index (χ3n) is 6.83. The lowest BCUT2D eigenvalue weighted by Crippen LogP contribution is -2.51. The van der Waals surface area contributed by atoms with E-state index in [-0.39, 0.29) is 66.3 Å². The van der Waals surface area contributed by atoms with Crippen molar-refractivity contribution in [3.05, 3.63) is 58.7 Å². The van der Waals surface area contributed by atoms with Crippen LogP contribution in [0.1, 0.15) is 61.7 Å². The van der Waals surface area contributed by atoms with Crippen molar-refractivity contribution in [2.24, 2.45) is 0 Å². The number of aliphatic hydroxyl groups is 1. The number of aromatic amines is 1. The maximum atomic E-state index is 14.3. The van der Waals surface area contributed by atoms with E-state index in [1.807, 2.05) is 0 Å². The summed E-state index contributed by atoms with van der Waals surface area (Å²) in [7, 11) is 0.